The molecule has 0 aliphatic carbocycles. The number of carboxylic acid groups (broad SMARTS) is 1. The van der Waals surface area contributed by atoms with Crippen molar-refractivity contribution in [1.29, 1.82) is 0 Å². The molecule has 0 aromatic carbocycles. The lowest BCUT2D eigenvalue weighted by Crippen LogP contribution is -2.59. The zero-order valence-electron chi connectivity index (χ0n) is 8.60. The molecule has 2 rings (SSSR count). The zero-order chi connectivity index (χ0) is 11.2. The third-order valence-corrected chi connectivity index (χ3v) is 3.51. The Morgan fingerprint density at radius 1 is 1.60 bits per heavy atom. The van der Waals surface area contributed by atoms with Crippen molar-refractivity contribution in [3.63, 3.8) is 0 Å². The third kappa shape index (κ3) is 1.51. The maximum atomic E-state index is 11.6. The van der Waals surface area contributed by atoms with Gasteiger partial charge in [0.1, 0.15) is 0 Å². The van der Waals surface area contributed by atoms with Crippen LogP contribution < -0.4 is 5.11 Å². The molecule has 5 nitrogen and oxygen atoms in total. The highest BCUT2D eigenvalue weighted by Crippen LogP contribution is 2.38. The van der Waals surface area contributed by atoms with E-state index in [1.807, 2.05) is 0 Å². The molecule has 2 aliphatic heterocycles. The van der Waals surface area contributed by atoms with Gasteiger partial charge < -0.3 is 19.9 Å². The monoisotopic (exact) mass is 212 g/mol. The molecular weight excluding hydrogens is 198 g/mol. The number of piperidine rings is 1. The Hall–Kier alpha value is -1.10. The maximum absolute atomic E-state index is 11.6. The van der Waals surface area contributed by atoms with Gasteiger partial charge in [-0.1, -0.05) is 0 Å². The quantitative estimate of drug-likeness (QED) is 0.582. The van der Waals surface area contributed by atoms with Crippen molar-refractivity contribution in [1.82, 2.24) is 4.90 Å². The summed E-state index contributed by atoms with van der Waals surface area (Å²) in [6.45, 7) is 1.66. The summed E-state index contributed by atoms with van der Waals surface area (Å²) in [5.74, 6) is -1.40. The summed E-state index contributed by atoms with van der Waals surface area (Å²) >= 11 is 0. The molecule has 2 saturated heterocycles. The van der Waals surface area contributed by atoms with Crippen LogP contribution in [0.3, 0.4) is 0 Å². The van der Waals surface area contributed by atoms with Crippen LogP contribution in [-0.2, 0) is 9.59 Å². The van der Waals surface area contributed by atoms with Gasteiger partial charge in [0.05, 0.1) is 23.7 Å². The Labute approximate surface area is 87.7 Å². The van der Waals surface area contributed by atoms with E-state index in [-0.39, 0.29) is 18.4 Å². The van der Waals surface area contributed by atoms with Gasteiger partial charge in [-0.25, -0.2) is 0 Å². The van der Waals surface area contributed by atoms with E-state index in [1.165, 1.54) is 4.90 Å². The highest BCUT2D eigenvalue weighted by atomic mass is 16.4. The van der Waals surface area contributed by atoms with Gasteiger partial charge in [0.15, 0.2) is 0 Å². The molecule has 2 aliphatic rings. The Morgan fingerprint density at radius 2 is 2.27 bits per heavy atom. The van der Waals surface area contributed by atoms with Crippen LogP contribution in [0.5, 0.6) is 0 Å². The van der Waals surface area contributed by atoms with Crippen molar-refractivity contribution in [2.45, 2.75) is 50.3 Å². The average molecular weight is 212 g/mol. The number of carboxylic acids is 1. The second-order valence-electron chi connectivity index (χ2n) is 4.59. The number of hydrogen-bond acceptors (Lipinski definition) is 4. The molecule has 1 N–H and O–H groups in total. The molecule has 3 atom stereocenters. The van der Waals surface area contributed by atoms with E-state index in [0.717, 1.165) is 0 Å². The van der Waals surface area contributed by atoms with Gasteiger partial charge in [-0.3, -0.25) is 4.79 Å². The summed E-state index contributed by atoms with van der Waals surface area (Å²) in [4.78, 5) is 23.7. The molecule has 15 heavy (non-hydrogen) atoms. The number of nitrogens with zero attached hydrogens (tertiary/aromatic N) is 1. The highest BCUT2D eigenvalue weighted by Gasteiger charge is 2.49. The summed E-state index contributed by atoms with van der Waals surface area (Å²) in [6.07, 6.45) is 1.55. The minimum absolute atomic E-state index is 0.182. The van der Waals surface area contributed by atoms with E-state index in [1.54, 1.807) is 6.92 Å². The first-order valence-electron chi connectivity index (χ1n) is 5.18. The van der Waals surface area contributed by atoms with Crippen LogP contribution in [-0.4, -0.2) is 39.6 Å². The molecule has 1 amide bonds. The molecule has 2 fully saturated rings. The third-order valence-electron chi connectivity index (χ3n) is 3.51. The van der Waals surface area contributed by atoms with E-state index in [2.05, 4.69) is 0 Å². The van der Waals surface area contributed by atoms with Gasteiger partial charge >= 0.3 is 0 Å². The maximum Gasteiger partial charge on any atom is 0.223 e. The summed E-state index contributed by atoms with van der Waals surface area (Å²) in [5, 5.41) is 20.9. The number of amides is 1. The number of carbonyl (C=O) groups excluding carboxylic acids is 2. The van der Waals surface area contributed by atoms with E-state index in [9.17, 15) is 19.8 Å². The van der Waals surface area contributed by atoms with Crippen molar-refractivity contribution in [2.24, 2.45) is 0 Å². The second-order valence-corrected chi connectivity index (χ2v) is 4.59. The molecule has 3 unspecified atom stereocenters. The van der Waals surface area contributed by atoms with E-state index < -0.39 is 17.6 Å². The van der Waals surface area contributed by atoms with Crippen molar-refractivity contribution in [3.05, 3.63) is 0 Å². The minimum Gasteiger partial charge on any atom is -0.548 e. The predicted molar refractivity (Wildman–Crippen MR) is 48.5 cm³/mol. The smallest absolute Gasteiger partial charge is 0.223 e. The fourth-order valence-electron chi connectivity index (χ4n) is 2.66. The molecule has 0 spiro atoms. The number of aliphatic hydroxyl groups is 1. The van der Waals surface area contributed by atoms with E-state index >= 15 is 0 Å². The fourth-order valence-corrected chi connectivity index (χ4v) is 2.66. The van der Waals surface area contributed by atoms with E-state index in [0.29, 0.717) is 19.3 Å². The van der Waals surface area contributed by atoms with Gasteiger partial charge in [-0.2, -0.15) is 0 Å². The Bertz CT molecular complexity index is 313. The van der Waals surface area contributed by atoms with Crippen LogP contribution in [0.2, 0.25) is 0 Å². The number of hydrogen-bond donors (Lipinski definition) is 1. The topological polar surface area (TPSA) is 80.7 Å². The van der Waals surface area contributed by atoms with Crippen LogP contribution in [0.4, 0.5) is 0 Å². The molecule has 0 radical (unpaired) electrons. The van der Waals surface area contributed by atoms with Crippen molar-refractivity contribution >= 4 is 11.9 Å². The molecule has 0 aromatic rings. The SMILES string of the molecule is CC1(O)CCC(=O)N2C(C(=O)[O-])CCC21. The molecule has 0 aromatic heterocycles. The highest BCUT2D eigenvalue weighted by molar-refractivity contribution is 5.84. The lowest BCUT2D eigenvalue weighted by Gasteiger charge is -2.43. The molecular formula is C10H14NO4-. The second kappa shape index (κ2) is 3.20. The largest absolute Gasteiger partial charge is 0.548 e. The number of rotatable bonds is 1. The lowest BCUT2D eigenvalue weighted by atomic mass is 9.86. The summed E-state index contributed by atoms with van der Waals surface area (Å²) in [7, 11) is 0. The molecule has 5 heteroatoms. The van der Waals surface area contributed by atoms with E-state index in [4.69, 9.17) is 0 Å². The van der Waals surface area contributed by atoms with Crippen molar-refractivity contribution < 1.29 is 19.8 Å². The zero-order valence-corrected chi connectivity index (χ0v) is 8.60. The minimum atomic E-state index is -1.22. The van der Waals surface area contributed by atoms with Crippen molar-refractivity contribution in [3.8, 4) is 0 Å². The Morgan fingerprint density at radius 3 is 2.87 bits per heavy atom. The van der Waals surface area contributed by atoms with Gasteiger partial charge in [-0.05, 0) is 26.2 Å². The summed E-state index contributed by atoms with van der Waals surface area (Å²) in [6, 6.07) is -1.21. The van der Waals surface area contributed by atoms with Crippen LogP contribution >= 0.6 is 0 Å². The Balaban J connectivity index is 2.28. The fraction of sp³-hybridized carbons (Fsp3) is 0.800. The molecule has 0 bridgehead atoms. The normalized spacial score (nSPS) is 40.4. The van der Waals surface area contributed by atoms with Crippen molar-refractivity contribution in [2.75, 3.05) is 0 Å². The molecule has 2 heterocycles. The van der Waals surface area contributed by atoms with Crippen LogP contribution in [0.15, 0.2) is 0 Å². The van der Waals surface area contributed by atoms with Gasteiger partial charge in [-0.15, -0.1) is 0 Å². The number of carbonyl (C=O) groups is 2. The van der Waals surface area contributed by atoms with Crippen LogP contribution in [0.25, 0.3) is 0 Å². The van der Waals surface area contributed by atoms with Gasteiger partial charge in [0.25, 0.3) is 0 Å². The summed E-state index contributed by atoms with van der Waals surface area (Å²) in [5.41, 5.74) is -0.960. The summed E-state index contributed by atoms with van der Waals surface area (Å²) < 4.78 is 0. The first-order chi connectivity index (χ1) is 6.93. The standard InChI is InChI=1S/C10H15NO4/c1-10(15)5-4-8(12)11-6(9(13)14)2-3-7(10)11/h6-7,15H,2-5H2,1H3,(H,13,14)/p-1. The van der Waals surface area contributed by atoms with Crippen LogP contribution in [0, 0.1) is 0 Å². The predicted octanol–water partition coefficient (Wildman–Crippen LogP) is -1.36. The first kappa shape index (κ1) is 10.4. The molecule has 0 saturated carbocycles. The number of fused-ring (bicyclic) bond motifs is 1. The van der Waals surface area contributed by atoms with Crippen LogP contribution in [0.1, 0.15) is 32.6 Å². The molecule has 84 valence electrons. The Kier molecular flexibility index (Phi) is 2.22. The van der Waals surface area contributed by atoms with Gasteiger partial charge in [0.2, 0.25) is 5.91 Å². The lowest BCUT2D eigenvalue weighted by molar-refractivity contribution is -0.311. The van der Waals surface area contributed by atoms with Gasteiger partial charge in [0, 0.05) is 6.42 Å². The number of aliphatic carboxylic acids is 1. The first-order valence-corrected chi connectivity index (χ1v) is 5.18. The average Bonchev–Trinajstić information content (AvgIpc) is 2.57.